The normalized spacial score (nSPS) is 20.6. The Morgan fingerprint density at radius 1 is 1.35 bits per heavy atom. The smallest absolute Gasteiger partial charge is 0.0503 e. The van der Waals surface area contributed by atoms with Crippen molar-refractivity contribution in [1.82, 2.24) is 5.32 Å². The first-order valence-corrected chi connectivity index (χ1v) is 7.86. The zero-order valence-electron chi connectivity index (χ0n) is 12.8. The minimum atomic E-state index is 0.495. The van der Waals surface area contributed by atoms with Gasteiger partial charge in [-0.15, -0.1) is 0 Å². The summed E-state index contributed by atoms with van der Waals surface area (Å²) < 4.78 is 5.19. The van der Waals surface area contributed by atoms with Crippen LogP contribution >= 0.6 is 0 Å². The Balaban J connectivity index is 1.87. The molecule has 3 nitrogen and oxygen atoms in total. The van der Waals surface area contributed by atoms with Gasteiger partial charge in [0.15, 0.2) is 0 Å². The van der Waals surface area contributed by atoms with Crippen LogP contribution in [0.3, 0.4) is 0 Å². The van der Waals surface area contributed by atoms with Crippen LogP contribution in [0.4, 0.5) is 5.69 Å². The average Bonchev–Trinajstić information content (AvgIpc) is 2.47. The van der Waals surface area contributed by atoms with Crippen molar-refractivity contribution < 1.29 is 4.74 Å². The van der Waals surface area contributed by atoms with Gasteiger partial charge in [-0.3, -0.25) is 0 Å². The predicted octanol–water partition coefficient (Wildman–Crippen LogP) is 3.21. The highest BCUT2D eigenvalue weighted by Crippen LogP contribution is 2.19. The van der Waals surface area contributed by atoms with Gasteiger partial charge >= 0.3 is 0 Å². The van der Waals surface area contributed by atoms with Gasteiger partial charge in [-0.1, -0.05) is 24.6 Å². The number of anilines is 1. The Morgan fingerprint density at radius 3 is 2.95 bits per heavy atom. The average molecular weight is 276 g/mol. The summed E-state index contributed by atoms with van der Waals surface area (Å²) in [6.45, 7) is 4.24. The molecule has 1 aromatic rings. The Hall–Kier alpha value is -1.06. The zero-order valence-corrected chi connectivity index (χ0v) is 12.8. The minimum Gasteiger partial charge on any atom is -0.384 e. The Labute approximate surface area is 123 Å². The molecule has 20 heavy (non-hydrogen) atoms. The molecule has 0 spiro atoms. The molecule has 0 aromatic heterocycles. The molecule has 0 aliphatic carbocycles. The Bertz CT molecular complexity index is 388. The fourth-order valence-corrected chi connectivity index (χ4v) is 2.97. The van der Waals surface area contributed by atoms with Crippen LogP contribution in [0.2, 0.25) is 0 Å². The summed E-state index contributed by atoms with van der Waals surface area (Å²) in [6.07, 6.45) is 6.18. The lowest BCUT2D eigenvalue weighted by Gasteiger charge is -2.27. The van der Waals surface area contributed by atoms with E-state index >= 15 is 0 Å². The van der Waals surface area contributed by atoms with Crippen LogP contribution in [-0.2, 0) is 11.2 Å². The number of rotatable bonds is 7. The Morgan fingerprint density at radius 2 is 2.20 bits per heavy atom. The SMILES string of the molecule is COCCc1ccccc1NC(C)CC1CCCCN1. The van der Waals surface area contributed by atoms with E-state index in [1.54, 1.807) is 7.11 Å². The molecule has 0 saturated carbocycles. The molecular formula is C17H28N2O. The van der Waals surface area contributed by atoms with E-state index in [1.165, 1.54) is 43.5 Å². The largest absolute Gasteiger partial charge is 0.384 e. The van der Waals surface area contributed by atoms with E-state index in [0.29, 0.717) is 12.1 Å². The second-order valence-corrected chi connectivity index (χ2v) is 5.83. The van der Waals surface area contributed by atoms with E-state index in [4.69, 9.17) is 4.74 Å². The van der Waals surface area contributed by atoms with Crippen LogP contribution in [0, 0.1) is 0 Å². The van der Waals surface area contributed by atoms with E-state index < -0.39 is 0 Å². The quantitative estimate of drug-likeness (QED) is 0.802. The Kier molecular flexibility index (Phi) is 6.34. The molecule has 1 heterocycles. The first-order chi connectivity index (χ1) is 9.79. The van der Waals surface area contributed by atoms with Crippen molar-refractivity contribution in [2.24, 2.45) is 0 Å². The maximum atomic E-state index is 5.19. The number of benzene rings is 1. The molecule has 2 atom stereocenters. The third-order valence-corrected chi connectivity index (χ3v) is 4.05. The van der Waals surface area contributed by atoms with E-state index in [1.807, 2.05) is 0 Å². The summed E-state index contributed by atoms with van der Waals surface area (Å²) in [4.78, 5) is 0. The first kappa shape index (κ1) is 15.3. The molecular weight excluding hydrogens is 248 g/mol. The number of para-hydroxylation sites is 1. The molecule has 1 aliphatic heterocycles. The highest BCUT2D eigenvalue weighted by molar-refractivity contribution is 5.51. The second kappa shape index (κ2) is 8.28. The van der Waals surface area contributed by atoms with Gasteiger partial charge in [0.1, 0.15) is 0 Å². The standard InChI is InChI=1S/C17H28N2O/c1-14(13-16-8-5-6-11-18-16)19-17-9-4-3-7-15(17)10-12-20-2/h3-4,7,9,14,16,18-19H,5-6,8,10-13H2,1-2H3. The van der Waals surface area contributed by atoms with Crippen molar-refractivity contribution in [3.05, 3.63) is 29.8 Å². The second-order valence-electron chi connectivity index (χ2n) is 5.83. The lowest BCUT2D eigenvalue weighted by atomic mass is 9.98. The minimum absolute atomic E-state index is 0.495. The van der Waals surface area contributed by atoms with Crippen molar-refractivity contribution >= 4 is 5.69 Å². The summed E-state index contributed by atoms with van der Waals surface area (Å²) >= 11 is 0. The number of hydrogen-bond acceptors (Lipinski definition) is 3. The monoisotopic (exact) mass is 276 g/mol. The maximum absolute atomic E-state index is 5.19. The topological polar surface area (TPSA) is 33.3 Å². The molecule has 1 aromatic carbocycles. The lowest BCUT2D eigenvalue weighted by Crippen LogP contribution is -2.37. The van der Waals surface area contributed by atoms with Gasteiger partial charge in [0, 0.05) is 24.9 Å². The van der Waals surface area contributed by atoms with E-state index in [0.717, 1.165) is 13.0 Å². The molecule has 0 radical (unpaired) electrons. The highest BCUT2D eigenvalue weighted by atomic mass is 16.5. The molecule has 1 aliphatic rings. The van der Waals surface area contributed by atoms with Crippen molar-refractivity contribution in [2.75, 3.05) is 25.6 Å². The molecule has 0 amide bonds. The summed E-state index contributed by atoms with van der Waals surface area (Å²) in [5.74, 6) is 0. The van der Waals surface area contributed by atoms with Gasteiger partial charge in [0.05, 0.1) is 6.61 Å². The van der Waals surface area contributed by atoms with Gasteiger partial charge in [-0.05, 0) is 50.8 Å². The number of hydrogen-bond donors (Lipinski definition) is 2. The third-order valence-electron chi connectivity index (χ3n) is 4.05. The number of piperidine rings is 1. The van der Waals surface area contributed by atoms with Crippen molar-refractivity contribution in [3.8, 4) is 0 Å². The first-order valence-electron chi connectivity index (χ1n) is 7.86. The van der Waals surface area contributed by atoms with Gasteiger partial charge in [-0.2, -0.15) is 0 Å². The molecule has 2 N–H and O–H groups in total. The molecule has 2 rings (SSSR count). The van der Waals surface area contributed by atoms with Gasteiger partial charge in [0.2, 0.25) is 0 Å². The fraction of sp³-hybridized carbons (Fsp3) is 0.647. The fourth-order valence-electron chi connectivity index (χ4n) is 2.97. The van der Waals surface area contributed by atoms with Crippen LogP contribution in [0.1, 0.15) is 38.2 Å². The third kappa shape index (κ3) is 4.80. The van der Waals surface area contributed by atoms with Crippen LogP contribution in [0.5, 0.6) is 0 Å². The van der Waals surface area contributed by atoms with Crippen molar-refractivity contribution in [1.29, 1.82) is 0 Å². The van der Waals surface area contributed by atoms with E-state index in [9.17, 15) is 0 Å². The van der Waals surface area contributed by atoms with E-state index in [2.05, 4.69) is 41.8 Å². The summed E-state index contributed by atoms with van der Waals surface area (Å²) in [5.41, 5.74) is 2.60. The van der Waals surface area contributed by atoms with Crippen LogP contribution in [-0.4, -0.2) is 32.3 Å². The van der Waals surface area contributed by atoms with Crippen LogP contribution < -0.4 is 10.6 Å². The molecule has 1 fully saturated rings. The number of nitrogens with one attached hydrogen (secondary N) is 2. The van der Waals surface area contributed by atoms with Gasteiger partial charge < -0.3 is 15.4 Å². The zero-order chi connectivity index (χ0) is 14.2. The molecule has 3 heteroatoms. The number of methoxy groups -OCH3 is 1. The van der Waals surface area contributed by atoms with Crippen molar-refractivity contribution in [3.63, 3.8) is 0 Å². The summed E-state index contributed by atoms with van der Waals surface area (Å²) in [5, 5.41) is 7.30. The maximum Gasteiger partial charge on any atom is 0.0503 e. The molecule has 2 unspecified atom stereocenters. The predicted molar refractivity (Wildman–Crippen MR) is 85.4 cm³/mol. The van der Waals surface area contributed by atoms with Crippen molar-refractivity contribution in [2.45, 2.75) is 51.1 Å². The van der Waals surface area contributed by atoms with Gasteiger partial charge in [-0.25, -0.2) is 0 Å². The number of ether oxygens (including phenoxy) is 1. The molecule has 1 saturated heterocycles. The summed E-state index contributed by atoms with van der Waals surface area (Å²) in [7, 11) is 1.76. The van der Waals surface area contributed by atoms with E-state index in [-0.39, 0.29) is 0 Å². The van der Waals surface area contributed by atoms with Gasteiger partial charge in [0.25, 0.3) is 0 Å². The lowest BCUT2D eigenvalue weighted by molar-refractivity contribution is 0.202. The molecule has 112 valence electrons. The van der Waals surface area contributed by atoms with Crippen LogP contribution in [0.25, 0.3) is 0 Å². The summed E-state index contributed by atoms with van der Waals surface area (Å²) in [6, 6.07) is 9.74. The molecule has 0 bridgehead atoms. The highest BCUT2D eigenvalue weighted by Gasteiger charge is 2.16. The van der Waals surface area contributed by atoms with Crippen LogP contribution in [0.15, 0.2) is 24.3 Å².